The smallest absolute Gasteiger partial charge is 0.0230 e. The van der Waals surface area contributed by atoms with E-state index in [-0.39, 0.29) is 0 Å². The summed E-state index contributed by atoms with van der Waals surface area (Å²) in [7, 11) is 2.20. The molecule has 1 heterocycles. The second kappa shape index (κ2) is 6.72. The maximum atomic E-state index is 3.76. The molecule has 1 aliphatic heterocycles. The first-order chi connectivity index (χ1) is 8.79. The van der Waals surface area contributed by atoms with E-state index in [1.165, 1.54) is 29.5 Å². The van der Waals surface area contributed by atoms with Crippen LogP contribution in [0.25, 0.3) is 0 Å². The highest BCUT2D eigenvalue weighted by Gasteiger charge is 2.09. The van der Waals surface area contributed by atoms with E-state index in [9.17, 15) is 0 Å². The number of hydrogen-bond acceptors (Lipinski definition) is 2. The summed E-state index contributed by atoms with van der Waals surface area (Å²) in [4.78, 5) is 2.39. The molecule has 1 aromatic carbocycles. The lowest BCUT2D eigenvalue weighted by molar-refractivity contribution is 0.323. The summed E-state index contributed by atoms with van der Waals surface area (Å²) in [5.74, 6) is 0. The van der Waals surface area contributed by atoms with Crippen LogP contribution in [-0.4, -0.2) is 25.0 Å². The molecule has 0 saturated carbocycles. The summed E-state index contributed by atoms with van der Waals surface area (Å²) in [6.07, 6.45) is 5.48. The molecular weight excluding hydrogens is 220 g/mol. The lowest BCUT2D eigenvalue weighted by Crippen LogP contribution is -2.24. The predicted molar refractivity (Wildman–Crippen MR) is 77.6 cm³/mol. The minimum atomic E-state index is 1.03. The number of allylic oxidation sites excluding steroid dienone is 1. The number of rotatable bonds is 6. The van der Waals surface area contributed by atoms with Crippen molar-refractivity contribution in [1.82, 2.24) is 10.2 Å². The van der Waals surface area contributed by atoms with E-state index in [1.54, 1.807) is 0 Å². The molecule has 1 N–H and O–H groups in total. The van der Waals surface area contributed by atoms with E-state index in [0.717, 1.165) is 32.6 Å². The fraction of sp³-hybridized carbons (Fsp3) is 0.500. The van der Waals surface area contributed by atoms with E-state index in [4.69, 9.17) is 0 Å². The number of unbranched alkanes of at least 4 members (excludes halogenated alkanes) is 1. The van der Waals surface area contributed by atoms with Crippen molar-refractivity contribution in [3.05, 3.63) is 47.5 Å². The number of benzene rings is 1. The Morgan fingerprint density at radius 2 is 2.28 bits per heavy atom. The van der Waals surface area contributed by atoms with E-state index >= 15 is 0 Å². The molecule has 0 fully saturated rings. The molecule has 0 aromatic heterocycles. The van der Waals surface area contributed by atoms with Gasteiger partial charge in [-0.15, -0.1) is 6.58 Å². The third kappa shape index (κ3) is 3.69. The normalized spacial score (nSPS) is 14.6. The Morgan fingerprint density at radius 3 is 3.11 bits per heavy atom. The summed E-state index contributed by atoms with van der Waals surface area (Å²) in [6, 6.07) is 6.96. The lowest BCUT2D eigenvalue weighted by atomic mass is 9.98. The fourth-order valence-corrected chi connectivity index (χ4v) is 2.53. The Labute approximate surface area is 111 Å². The number of nitrogens with zero attached hydrogens (tertiary/aromatic N) is 1. The second-order valence-corrected chi connectivity index (χ2v) is 5.20. The van der Waals surface area contributed by atoms with Crippen LogP contribution in [0.2, 0.25) is 0 Å². The Morgan fingerprint density at radius 1 is 1.39 bits per heavy atom. The molecule has 0 bridgehead atoms. The topological polar surface area (TPSA) is 15.3 Å². The molecular formula is C16H24N2. The van der Waals surface area contributed by atoms with Gasteiger partial charge in [0.25, 0.3) is 0 Å². The molecule has 2 heteroatoms. The fourth-order valence-electron chi connectivity index (χ4n) is 2.53. The Hall–Kier alpha value is -1.12. The van der Waals surface area contributed by atoms with Crippen molar-refractivity contribution in [3.8, 4) is 0 Å². The van der Waals surface area contributed by atoms with Crippen LogP contribution in [0.4, 0.5) is 0 Å². The molecule has 1 aromatic rings. The number of hydrogen-bond donors (Lipinski definition) is 1. The maximum Gasteiger partial charge on any atom is 0.0230 e. The largest absolute Gasteiger partial charge is 0.312 e. The first kappa shape index (κ1) is 13.3. The van der Waals surface area contributed by atoms with Gasteiger partial charge in [-0.05, 0) is 56.1 Å². The van der Waals surface area contributed by atoms with Crippen molar-refractivity contribution in [2.45, 2.75) is 32.4 Å². The van der Waals surface area contributed by atoms with Crippen molar-refractivity contribution < 1.29 is 0 Å². The number of fused-ring (bicyclic) bond motifs is 1. The zero-order valence-electron chi connectivity index (χ0n) is 11.4. The van der Waals surface area contributed by atoms with Crippen molar-refractivity contribution >= 4 is 0 Å². The van der Waals surface area contributed by atoms with Crippen LogP contribution >= 0.6 is 0 Å². The van der Waals surface area contributed by atoms with Gasteiger partial charge in [-0.25, -0.2) is 0 Å². The van der Waals surface area contributed by atoms with Gasteiger partial charge in [0, 0.05) is 13.1 Å². The van der Waals surface area contributed by atoms with E-state index in [1.807, 2.05) is 6.08 Å². The molecule has 18 heavy (non-hydrogen) atoms. The van der Waals surface area contributed by atoms with Gasteiger partial charge < -0.3 is 10.2 Å². The molecule has 2 rings (SSSR count). The molecule has 0 radical (unpaired) electrons. The van der Waals surface area contributed by atoms with E-state index < -0.39 is 0 Å². The third-order valence-corrected chi connectivity index (χ3v) is 3.56. The quantitative estimate of drug-likeness (QED) is 0.611. The SMILES string of the molecule is C=CCCCN(C)Cc1ccc2c(c1)CNCC2. The Kier molecular flexibility index (Phi) is 4.97. The summed E-state index contributed by atoms with van der Waals surface area (Å²) in [5.41, 5.74) is 4.43. The van der Waals surface area contributed by atoms with Crippen molar-refractivity contribution in [3.63, 3.8) is 0 Å². The maximum absolute atomic E-state index is 3.76. The molecule has 0 aliphatic carbocycles. The van der Waals surface area contributed by atoms with Crippen LogP contribution in [0.5, 0.6) is 0 Å². The van der Waals surface area contributed by atoms with Gasteiger partial charge in [0.2, 0.25) is 0 Å². The van der Waals surface area contributed by atoms with Gasteiger partial charge in [0.1, 0.15) is 0 Å². The van der Waals surface area contributed by atoms with Gasteiger partial charge in [0.15, 0.2) is 0 Å². The van der Waals surface area contributed by atoms with Crippen molar-refractivity contribution in [2.75, 3.05) is 20.1 Å². The minimum absolute atomic E-state index is 1.03. The van der Waals surface area contributed by atoms with E-state index in [0.29, 0.717) is 0 Å². The van der Waals surface area contributed by atoms with Gasteiger partial charge in [-0.2, -0.15) is 0 Å². The minimum Gasteiger partial charge on any atom is -0.312 e. The van der Waals surface area contributed by atoms with Gasteiger partial charge in [-0.1, -0.05) is 24.3 Å². The van der Waals surface area contributed by atoms with Gasteiger partial charge in [0.05, 0.1) is 0 Å². The average molecular weight is 244 g/mol. The summed E-state index contributed by atoms with van der Waals surface area (Å²) in [6.45, 7) is 8.10. The van der Waals surface area contributed by atoms with E-state index in [2.05, 4.69) is 42.0 Å². The molecule has 98 valence electrons. The Balaban J connectivity index is 1.90. The van der Waals surface area contributed by atoms with Crippen LogP contribution < -0.4 is 5.32 Å². The highest BCUT2D eigenvalue weighted by molar-refractivity contribution is 5.33. The molecule has 1 aliphatic rings. The standard InChI is InChI=1S/C16H24N2/c1-3-4-5-10-18(2)13-14-6-7-15-8-9-17-12-16(15)11-14/h3,6-7,11,17H,1,4-5,8-10,12-13H2,2H3. The zero-order chi connectivity index (χ0) is 12.8. The van der Waals surface area contributed by atoms with Crippen LogP contribution in [0, 0.1) is 0 Å². The monoisotopic (exact) mass is 244 g/mol. The molecule has 0 amide bonds. The number of nitrogens with one attached hydrogen (secondary N) is 1. The average Bonchev–Trinajstić information content (AvgIpc) is 2.39. The van der Waals surface area contributed by atoms with Gasteiger partial charge >= 0.3 is 0 Å². The molecule has 0 atom stereocenters. The molecule has 0 spiro atoms. The first-order valence-electron chi connectivity index (χ1n) is 6.90. The first-order valence-corrected chi connectivity index (χ1v) is 6.90. The second-order valence-electron chi connectivity index (χ2n) is 5.20. The molecule has 0 saturated heterocycles. The summed E-state index contributed by atoms with van der Waals surface area (Å²) < 4.78 is 0. The lowest BCUT2D eigenvalue weighted by Gasteiger charge is -2.20. The summed E-state index contributed by atoms with van der Waals surface area (Å²) in [5, 5.41) is 3.44. The van der Waals surface area contributed by atoms with Gasteiger partial charge in [-0.3, -0.25) is 0 Å². The van der Waals surface area contributed by atoms with Crippen molar-refractivity contribution in [2.24, 2.45) is 0 Å². The summed E-state index contributed by atoms with van der Waals surface area (Å²) >= 11 is 0. The zero-order valence-corrected chi connectivity index (χ0v) is 11.4. The van der Waals surface area contributed by atoms with Crippen LogP contribution in [0.1, 0.15) is 29.5 Å². The van der Waals surface area contributed by atoms with Crippen LogP contribution in [0.15, 0.2) is 30.9 Å². The third-order valence-electron chi connectivity index (χ3n) is 3.56. The van der Waals surface area contributed by atoms with Crippen molar-refractivity contribution in [1.29, 1.82) is 0 Å². The Bertz CT molecular complexity index is 398. The highest BCUT2D eigenvalue weighted by atomic mass is 15.1. The van der Waals surface area contributed by atoms with Crippen LogP contribution in [-0.2, 0) is 19.5 Å². The molecule has 0 unspecified atom stereocenters. The van der Waals surface area contributed by atoms with Crippen LogP contribution in [0.3, 0.4) is 0 Å². The predicted octanol–water partition coefficient (Wildman–Crippen LogP) is 2.73. The molecule has 2 nitrogen and oxygen atoms in total. The highest BCUT2D eigenvalue weighted by Crippen LogP contribution is 2.16.